The Morgan fingerprint density at radius 1 is 1.21 bits per heavy atom. The molecule has 0 bridgehead atoms. The van der Waals surface area contributed by atoms with Crippen LogP contribution in [-0.4, -0.2) is 48.9 Å². The summed E-state index contributed by atoms with van der Waals surface area (Å²) in [6.07, 6.45) is 2.42. The predicted octanol–water partition coefficient (Wildman–Crippen LogP) is 2.77. The Kier molecular flexibility index (Phi) is 5.77. The van der Waals surface area contributed by atoms with Gasteiger partial charge in [0.05, 0.1) is 22.3 Å². The Balaban J connectivity index is 1.72. The molecule has 3 aromatic heterocycles. The second-order valence-corrected chi connectivity index (χ2v) is 7.38. The van der Waals surface area contributed by atoms with E-state index in [0.717, 1.165) is 5.52 Å². The van der Waals surface area contributed by atoms with Crippen molar-refractivity contribution in [2.45, 2.75) is 25.0 Å². The van der Waals surface area contributed by atoms with Crippen molar-refractivity contribution in [3.8, 4) is 0 Å². The van der Waals surface area contributed by atoms with E-state index < -0.39 is 0 Å². The summed E-state index contributed by atoms with van der Waals surface area (Å²) in [4.78, 5) is 28.3. The van der Waals surface area contributed by atoms with Crippen LogP contribution in [0.3, 0.4) is 0 Å². The number of hydrogen-bond acceptors (Lipinski definition) is 6. The summed E-state index contributed by atoms with van der Waals surface area (Å²) < 4.78 is 8.88. The number of nitrogens with zero attached hydrogens (tertiary/aromatic N) is 4. The van der Waals surface area contributed by atoms with Crippen LogP contribution in [0.2, 0.25) is 0 Å². The first-order valence-corrected chi connectivity index (χ1v) is 10.4. The quantitative estimate of drug-likeness (QED) is 0.259. The van der Waals surface area contributed by atoms with Gasteiger partial charge in [-0.2, -0.15) is 0 Å². The number of aromatic amines is 1. The third-order valence-electron chi connectivity index (χ3n) is 4.58. The third-order valence-corrected chi connectivity index (χ3v) is 5.51. The first-order chi connectivity index (χ1) is 14.2. The maximum atomic E-state index is 13.0. The number of aromatic nitrogens is 5. The molecule has 1 N–H and O–H groups in total. The average Bonchev–Trinajstić information content (AvgIpc) is 3.42. The molecule has 9 heteroatoms. The largest absolute Gasteiger partial charge is 0.382 e. The number of nitrogens with one attached hydrogen (secondary N) is 1. The molecule has 0 aliphatic carbocycles. The molecule has 4 rings (SSSR count). The Morgan fingerprint density at radius 2 is 2.07 bits per heavy atom. The molecule has 0 atom stereocenters. The highest BCUT2D eigenvalue weighted by Crippen LogP contribution is 2.22. The van der Waals surface area contributed by atoms with Gasteiger partial charge in [-0.3, -0.25) is 18.6 Å². The number of Topliss-reactive ketones (excluding diaryl/α,β-unsaturated/α-hetero) is 1. The van der Waals surface area contributed by atoms with Crippen molar-refractivity contribution in [3.05, 3.63) is 58.6 Å². The van der Waals surface area contributed by atoms with Gasteiger partial charge in [0.2, 0.25) is 5.78 Å². The number of aryl methyl sites for hydroxylation is 1. The van der Waals surface area contributed by atoms with Gasteiger partial charge in [-0.05, 0) is 37.6 Å². The van der Waals surface area contributed by atoms with Gasteiger partial charge in [0.15, 0.2) is 10.9 Å². The van der Waals surface area contributed by atoms with Crippen LogP contribution in [0.25, 0.3) is 16.7 Å². The molecule has 1 aromatic carbocycles. The van der Waals surface area contributed by atoms with Crippen molar-refractivity contribution in [1.29, 1.82) is 0 Å². The first-order valence-electron chi connectivity index (χ1n) is 9.44. The van der Waals surface area contributed by atoms with Gasteiger partial charge >= 0.3 is 0 Å². The number of hydrogen-bond donors (Lipinski definition) is 1. The number of carbonyl (C=O) groups excluding carboxylic acids is 1. The third kappa shape index (κ3) is 3.83. The number of H-pyrrole nitrogens is 1. The smallest absolute Gasteiger partial charge is 0.262 e. The van der Waals surface area contributed by atoms with E-state index in [-0.39, 0.29) is 17.1 Å². The molecule has 0 spiro atoms. The monoisotopic (exact) mass is 411 g/mol. The molecule has 150 valence electrons. The fourth-order valence-corrected chi connectivity index (χ4v) is 4.03. The standard InChI is InChI=1S/C20H21N5O3S/c1-2-28-12-6-11-24-18(27)14-7-3-4-9-16(14)25-19(24)22-23-20(25)29-13-17(26)15-8-5-10-21-15/h3-5,7-10,21H,2,6,11-13H2,1H3. The van der Waals surface area contributed by atoms with Crippen LogP contribution in [0.1, 0.15) is 23.8 Å². The highest BCUT2D eigenvalue weighted by atomic mass is 32.2. The summed E-state index contributed by atoms with van der Waals surface area (Å²) in [5.41, 5.74) is 1.19. The van der Waals surface area contributed by atoms with E-state index >= 15 is 0 Å². The van der Waals surface area contributed by atoms with Gasteiger partial charge in [-0.1, -0.05) is 23.9 Å². The van der Waals surface area contributed by atoms with E-state index in [1.807, 2.05) is 29.5 Å². The molecule has 0 radical (unpaired) electrons. The van der Waals surface area contributed by atoms with Crippen molar-refractivity contribution in [3.63, 3.8) is 0 Å². The summed E-state index contributed by atoms with van der Waals surface area (Å²) in [6.45, 7) is 3.64. The van der Waals surface area contributed by atoms with E-state index in [4.69, 9.17) is 4.74 Å². The average molecular weight is 411 g/mol. The molecule has 29 heavy (non-hydrogen) atoms. The van der Waals surface area contributed by atoms with Crippen molar-refractivity contribution in [1.82, 2.24) is 24.1 Å². The molecule has 0 aliphatic rings. The molecule has 8 nitrogen and oxygen atoms in total. The summed E-state index contributed by atoms with van der Waals surface area (Å²) in [5.74, 6) is 0.671. The molecule has 0 amide bonds. The highest BCUT2D eigenvalue weighted by molar-refractivity contribution is 7.99. The van der Waals surface area contributed by atoms with Crippen molar-refractivity contribution in [2.75, 3.05) is 19.0 Å². The minimum absolute atomic E-state index is 0.0221. The van der Waals surface area contributed by atoms with Crippen LogP contribution in [0.5, 0.6) is 0 Å². The van der Waals surface area contributed by atoms with Crippen molar-refractivity contribution in [2.24, 2.45) is 0 Å². The molecule has 0 saturated carbocycles. The van der Waals surface area contributed by atoms with E-state index in [1.54, 1.807) is 29.0 Å². The molecule has 0 fully saturated rings. The van der Waals surface area contributed by atoms with Crippen LogP contribution in [0, 0.1) is 0 Å². The number of rotatable bonds is 9. The maximum Gasteiger partial charge on any atom is 0.262 e. The summed E-state index contributed by atoms with van der Waals surface area (Å²) in [6, 6.07) is 10.9. The van der Waals surface area contributed by atoms with Gasteiger partial charge < -0.3 is 9.72 Å². The van der Waals surface area contributed by atoms with Crippen LogP contribution >= 0.6 is 11.8 Å². The minimum atomic E-state index is -0.101. The molecule has 0 unspecified atom stereocenters. The lowest BCUT2D eigenvalue weighted by atomic mass is 10.2. The fraction of sp³-hybridized carbons (Fsp3) is 0.300. The number of ether oxygens (including phenoxy) is 1. The van der Waals surface area contributed by atoms with Crippen LogP contribution in [0.15, 0.2) is 52.5 Å². The first kappa shape index (κ1) is 19.4. The van der Waals surface area contributed by atoms with Crippen molar-refractivity contribution >= 4 is 34.2 Å². The normalized spacial score (nSPS) is 11.5. The second-order valence-electron chi connectivity index (χ2n) is 6.44. The van der Waals surface area contributed by atoms with Gasteiger partial charge in [-0.25, -0.2) is 0 Å². The molecule has 4 aromatic rings. The predicted molar refractivity (Wildman–Crippen MR) is 112 cm³/mol. The lowest BCUT2D eigenvalue weighted by Crippen LogP contribution is -2.24. The Morgan fingerprint density at radius 3 is 2.86 bits per heavy atom. The molecule has 3 heterocycles. The van der Waals surface area contributed by atoms with Crippen LogP contribution < -0.4 is 5.56 Å². The van der Waals surface area contributed by atoms with E-state index in [0.29, 0.717) is 48.2 Å². The Labute approximate surface area is 170 Å². The van der Waals surface area contributed by atoms with Crippen LogP contribution in [0.4, 0.5) is 0 Å². The maximum absolute atomic E-state index is 13.0. The lowest BCUT2D eigenvalue weighted by molar-refractivity contribution is 0.101. The number of para-hydroxylation sites is 1. The number of benzene rings is 1. The van der Waals surface area contributed by atoms with Gasteiger partial charge in [0.1, 0.15) is 0 Å². The van der Waals surface area contributed by atoms with E-state index in [2.05, 4.69) is 15.2 Å². The number of carbonyl (C=O) groups is 1. The SMILES string of the molecule is CCOCCCn1c(=O)c2ccccc2n2c(SCC(=O)c3ccc[nH]3)nnc12. The zero-order chi connectivity index (χ0) is 20.2. The summed E-state index contributed by atoms with van der Waals surface area (Å²) >= 11 is 1.30. The van der Waals surface area contributed by atoms with Gasteiger partial charge in [-0.15, -0.1) is 10.2 Å². The topological polar surface area (TPSA) is 94.3 Å². The lowest BCUT2D eigenvalue weighted by Gasteiger charge is -2.11. The summed E-state index contributed by atoms with van der Waals surface area (Å²) in [5, 5.41) is 9.70. The zero-order valence-corrected chi connectivity index (χ0v) is 16.8. The highest BCUT2D eigenvalue weighted by Gasteiger charge is 2.18. The molecule has 0 aliphatic heterocycles. The number of thioether (sulfide) groups is 1. The van der Waals surface area contributed by atoms with Crippen LogP contribution in [-0.2, 0) is 11.3 Å². The second kappa shape index (κ2) is 8.62. The zero-order valence-electron chi connectivity index (χ0n) is 16.0. The number of ketones is 1. The Bertz CT molecular complexity index is 1200. The van der Waals surface area contributed by atoms with E-state index in [1.165, 1.54) is 11.8 Å². The minimum Gasteiger partial charge on any atom is -0.382 e. The molecular formula is C20H21N5O3S. The van der Waals surface area contributed by atoms with E-state index in [9.17, 15) is 9.59 Å². The van der Waals surface area contributed by atoms with Gasteiger partial charge in [0, 0.05) is 26.0 Å². The summed E-state index contributed by atoms with van der Waals surface area (Å²) in [7, 11) is 0. The van der Waals surface area contributed by atoms with Crippen molar-refractivity contribution < 1.29 is 9.53 Å². The Hall–Kier alpha value is -2.91. The van der Waals surface area contributed by atoms with Gasteiger partial charge in [0.25, 0.3) is 5.56 Å². The number of fused-ring (bicyclic) bond motifs is 3. The fourth-order valence-electron chi connectivity index (χ4n) is 3.21. The molecule has 0 saturated heterocycles. The molecular weight excluding hydrogens is 390 g/mol.